The summed E-state index contributed by atoms with van der Waals surface area (Å²) in [7, 11) is 0. The molecule has 0 aromatic carbocycles. The van der Waals surface area contributed by atoms with Crippen molar-refractivity contribution in [3.63, 3.8) is 0 Å². The average Bonchev–Trinajstić information content (AvgIpc) is 2.22. The molecule has 4 heteroatoms. The third-order valence-corrected chi connectivity index (χ3v) is 3.46. The second-order valence-corrected chi connectivity index (χ2v) is 4.68. The van der Waals surface area contributed by atoms with Gasteiger partial charge in [-0.05, 0) is 38.0 Å². The van der Waals surface area contributed by atoms with Crippen molar-refractivity contribution >= 4 is 5.91 Å². The maximum Gasteiger partial charge on any atom is 0.262 e. The van der Waals surface area contributed by atoms with Crippen LogP contribution in [0, 0.1) is 11.8 Å². The molecular weight excluding hydrogens is 192 g/mol. The smallest absolute Gasteiger partial charge is 0.262 e. The molecule has 1 aliphatic carbocycles. The molecule has 0 aromatic heterocycles. The first kappa shape index (κ1) is 12.5. The summed E-state index contributed by atoms with van der Waals surface area (Å²) >= 11 is 0. The molecule has 3 N–H and O–H groups in total. The maximum atomic E-state index is 11.2. The van der Waals surface area contributed by atoms with E-state index in [9.17, 15) is 4.79 Å². The number of ether oxygens (including phenoxy) is 1. The van der Waals surface area contributed by atoms with Crippen molar-refractivity contribution in [2.75, 3.05) is 0 Å². The number of amides is 1. The Balaban J connectivity index is 2.36. The van der Waals surface area contributed by atoms with Crippen molar-refractivity contribution in [1.82, 2.24) is 5.43 Å². The van der Waals surface area contributed by atoms with Gasteiger partial charge >= 0.3 is 0 Å². The van der Waals surface area contributed by atoms with Gasteiger partial charge in [0.1, 0.15) is 6.10 Å². The first-order chi connectivity index (χ1) is 7.04. The number of hydrogen-bond acceptors (Lipinski definition) is 3. The molecule has 1 fully saturated rings. The molecule has 1 amide bonds. The molecule has 0 saturated heterocycles. The molecule has 0 bridgehead atoms. The molecule has 1 rings (SSSR count). The zero-order valence-electron chi connectivity index (χ0n) is 9.82. The fourth-order valence-electron chi connectivity index (χ4n) is 2.09. The van der Waals surface area contributed by atoms with E-state index in [0.717, 1.165) is 18.8 Å². The minimum absolute atomic E-state index is 0.212. The number of carbonyl (C=O) groups excluding carboxylic acids is 1. The van der Waals surface area contributed by atoms with Gasteiger partial charge in [0.05, 0.1) is 6.10 Å². The highest BCUT2D eigenvalue weighted by Gasteiger charge is 2.27. The highest BCUT2D eigenvalue weighted by molar-refractivity contribution is 5.79. The molecule has 0 aromatic rings. The van der Waals surface area contributed by atoms with Crippen molar-refractivity contribution < 1.29 is 9.53 Å². The van der Waals surface area contributed by atoms with E-state index >= 15 is 0 Å². The molecule has 0 spiro atoms. The van der Waals surface area contributed by atoms with Gasteiger partial charge in [-0.2, -0.15) is 0 Å². The number of hydrogen-bond donors (Lipinski definition) is 2. The van der Waals surface area contributed by atoms with Crippen LogP contribution in [0.5, 0.6) is 0 Å². The van der Waals surface area contributed by atoms with E-state index in [0.29, 0.717) is 5.92 Å². The Kier molecular flexibility index (Phi) is 4.54. The number of nitrogens with two attached hydrogens (primary N) is 1. The molecule has 15 heavy (non-hydrogen) atoms. The molecule has 88 valence electrons. The van der Waals surface area contributed by atoms with Gasteiger partial charge in [0.25, 0.3) is 5.91 Å². The first-order valence-corrected chi connectivity index (χ1v) is 5.70. The Labute approximate surface area is 91.5 Å². The zero-order valence-corrected chi connectivity index (χ0v) is 9.82. The third kappa shape index (κ3) is 3.47. The highest BCUT2D eigenvalue weighted by atomic mass is 16.5. The maximum absolute atomic E-state index is 11.2. The molecule has 1 aliphatic rings. The van der Waals surface area contributed by atoms with E-state index in [4.69, 9.17) is 10.6 Å². The summed E-state index contributed by atoms with van der Waals surface area (Å²) in [5, 5.41) is 0. The first-order valence-electron chi connectivity index (χ1n) is 5.70. The SMILES string of the molecule is CC(OC1CCC(C)C(C)C1)C(=O)NN. The van der Waals surface area contributed by atoms with E-state index in [-0.39, 0.29) is 12.0 Å². The summed E-state index contributed by atoms with van der Waals surface area (Å²) in [4.78, 5) is 11.2. The number of hydrazine groups is 1. The summed E-state index contributed by atoms with van der Waals surface area (Å²) in [5.74, 6) is 6.24. The molecule has 0 radical (unpaired) electrons. The highest BCUT2D eigenvalue weighted by Crippen LogP contribution is 2.31. The van der Waals surface area contributed by atoms with Gasteiger partial charge in [0, 0.05) is 0 Å². The predicted octanol–water partition coefficient (Wildman–Crippen LogP) is 1.21. The normalized spacial score (nSPS) is 33.5. The lowest BCUT2D eigenvalue weighted by Crippen LogP contribution is -2.41. The average molecular weight is 214 g/mol. The Morgan fingerprint density at radius 3 is 2.60 bits per heavy atom. The lowest BCUT2D eigenvalue weighted by atomic mass is 9.80. The van der Waals surface area contributed by atoms with Crippen LogP contribution in [0.3, 0.4) is 0 Å². The van der Waals surface area contributed by atoms with Crippen molar-refractivity contribution in [2.24, 2.45) is 17.7 Å². The molecular formula is C11H22N2O2. The van der Waals surface area contributed by atoms with Crippen LogP contribution in [0.15, 0.2) is 0 Å². The Hall–Kier alpha value is -0.610. The standard InChI is InChI=1S/C11H22N2O2/c1-7-4-5-10(6-8(7)2)15-9(3)11(14)13-12/h7-10H,4-6,12H2,1-3H3,(H,13,14). The van der Waals surface area contributed by atoms with Crippen LogP contribution in [0.4, 0.5) is 0 Å². The minimum atomic E-state index is -0.444. The number of nitrogens with one attached hydrogen (secondary N) is 1. The summed E-state index contributed by atoms with van der Waals surface area (Å²) in [6.45, 7) is 6.26. The minimum Gasteiger partial charge on any atom is -0.365 e. The Bertz CT molecular complexity index is 221. The van der Waals surface area contributed by atoms with Crippen LogP contribution in [-0.4, -0.2) is 18.1 Å². The predicted molar refractivity (Wildman–Crippen MR) is 58.8 cm³/mol. The molecule has 4 atom stereocenters. The quantitative estimate of drug-likeness (QED) is 0.421. The van der Waals surface area contributed by atoms with Crippen LogP contribution in [0.25, 0.3) is 0 Å². The Morgan fingerprint density at radius 2 is 2.07 bits per heavy atom. The van der Waals surface area contributed by atoms with Crippen LogP contribution in [0.1, 0.15) is 40.0 Å². The fourth-order valence-corrected chi connectivity index (χ4v) is 2.09. The van der Waals surface area contributed by atoms with Crippen molar-refractivity contribution in [3.8, 4) is 0 Å². The molecule has 4 unspecified atom stereocenters. The zero-order chi connectivity index (χ0) is 11.4. The van der Waals surface area contributed by atoms with E-state index in [1.165, 1.54) is 6.42 Å². The number of carbonyl (C=O) groups is 1. The van der Waals surface area contributed by atoms with E-state index in [1.54, 1.807) is 6.92 Å². The Morgan fingerprint density at radius 1 is 1.40 bits per heavy atom. The second kappa shape index (κ2) is 5.47. The molecule has 0 heterocycles. The third-order valence-electron chi connectivity index (χ3n) is 3.46. The van der Waals surface area contributed by atoms with Crippen molar-refractivity contribution in [3.05, 3.63) is 0 Å². The van der Waals surface area contributed by atoms with Crippen LogP contribution in [-0.2, 0) is 9.53 Å². The van der Waals surface area contributed by atoms with E-state index < -0.39 is 6.10 Å². The van der Waals surface area contributed by atoms with Crippen LogP contribution >= 0.6 is 0 Å². The van der Waals surface area contributed by atoms with E-state index in [1.807, 2.05) is 0 Å². The van der Waals surface area contributed by atoms with Crippen LogP contribution in [0.2, 0.25) is 0 Å². The van der Waals surface area contributed by atoms with Gasteiger partial charge < -0.3 is 4.74 Å². The van der Waals surface area contributed by atoms with Gasteiger partial charge in [0.15, 0.2) is 0 Å². The van der Waals surface area contributed by atoms with Crippen LogP contribution < -0.4 is 11.3 Å². The van der Waals surface area contributed by atoms with Crippen molar-refractivity contribution in [2.45, 2.75) is 52.2 Å². The summed E-state index contributed by atoms with van der Waals surface area (Å²) in [5.41, 5.74) is 2.11. The fraction of sp³-hybridized carbons (Fsp3) is 0.909. The lowest BCUT2D eigenvalue weighted by Gasteiger charge is -2.33. The molecule has 1 saturated carbocycles. The van der Waals surface area contributed by atoms with E-state index in [2.05, 4.69) is 19.3 Å². The largest absolute Gasteiger partial charge is 0.365 e. The molecule has 4 nitrogen and oxygen atoms in total. The number of rotatable bonds is 3. The molecule has 0 aliphatic heterocycles. The van der Waals surface area contributed by atoms with Gasteiger partial charge in [-0.25, -0.2) is 5.84 Å². The lowest BCUT2D eigenvalue weighted by molar-refractivity contribution is -0.137. The second-order valence-electron chi connectivity index (χ2n) is 4.68. The van der Waals surface area contributed by atoms with Gasteiger partial charge in [-0.15, -0.1) is 0 Å². The summed E-state index contributed by atoms with van der Waals surface area (Å²) in [6.07, 6.45) is 3.05. The monoisotopic (exact) mass is 214 g/mol. The topological polar surface area (TPSA) is 64.3 Å². The van der Waals surface area contributed by atoms with Gasteiger partial charge in [-0.1, -0.05) is 13.8 Å². The van der Waals surface area contributed by atoms with Gasteiger partial charge in [-0.3, -0.25) is 10.2 Å². The summed E-state index contributed by atoms with van der Waals surface area (Å²) in [6, 6.07) is 0. The summed E-state index contributed by atoms with van der Waals surface area (Å²) < 4.78 is 5.67. The van der Waals surface area contributed by atoms with Crippen molar-refractivity contribution in [1.29, 1.82) is 0 Å². The van der Waals surface area contributed by atoms with Gasteiger partial charge in [0.2, 0.25) is 0 Å².